The van der Waals surface area contributed by atoms with Crippen LogP contribution < -0.4 is 5.32 Å². The van der Waals surface area contributed by atoms with Crippen LogP contribution in [-0.4, -0.2) is 63.6 Å². The molecule has 1 aliphatic rings. The second-order valence-electron chi connectivity index (χ2n) is 4.86. The van der Waals surface area contributed by atoms with Crippen molar-refractivity contribution in [2.75, 3.05) is 19.6 Å². The van der Waals surface area contributed by atoms with Crippen LogP contribution in [0.4, 0.5) is 4.79 Å². The monoisotopic (exact) mass is 260 g/mol. The predicted molar refractivity (Wildman–Crippen MR) is 63.1 cm³/mol. The smallest absolute Gasteiger partial charge is 0.332 e. The molecule has 104 valence electrons. The predicted octanol–water partition coefficient (Wildman–Crippen LogP) is -0.622. The third kappa shape index (κ3) is 4.50. The van der Waals surface area contributed by atoms with Gasteiger partial charge in [0.15, 0.2) is 6.10 Å². The lowest BCUT2D eigenvalue weighted by Gasteiger charge is -2.35. The Bertz CT molecular complexity index is 309. The number of aliphatic carboxylic acids is 1. The normalized spacial score (nSPS) is 20.3. The first-order chi connectivity index (χ1) is 8.32. The van der Waals surface area contributed by atoms with Crippen LogP contribution in [0.25, 0.3) is 0 Å². The third-order valence-corrected chi connectivity index (χ3v) is 3.11. The number of hydrogen-bond donors (Lipinski definition) is 4. The minimum atomic E-state index is -1.45. The number of aliphatic hydroxyl groups is 2. The highest BCUT2D eigenvalue weighted by Gasteiger charge is 2.29. The van der Waals surface area contributed by atoms with E-state index in [-0.39, 0.29) is 19.0 Å². The summed E-state index contributed by atoms with van der Waals surface area (Å²) in [6.07, 6.45) is -0.421. The van der Waals surface area contributed by atoms with Gasteiger partial charge in [-0.2, -0.15) is 0 Å². The summed E-state index contributed by atoms with van der Waals surface area (Å²) < 4.78 is 0. The van der Waals surface area contributed by atoms with Gasteiger partial charge in [-0.1, -0.05) is 0 Å². The van der Waals surface area contributed by atoms with Crippen molar-refractivity contribution < 1.29 is 24.9 Å². The van der Waals surface area contributed by atoms with E-state index in [1.165, 1.54) is 0 Å². The molecule has 0 spiro atoms. The fourth-order valence-corrected chi connectivity index (χ4v) is 1.74. The molecule has 1 rings (SSSR count). The minimum absolute atomic E-state index is 0.0212. The van der Waals surface area contributed by atoms with Gasteiger partial charge in [-0.05, 0) is 19.8 Å². The topological polar surface area (TPSA) is 110 Å². The van der Waals surface area contributed by atoms with Crippen LogP contribution in [0.1, 0.15) is 26.2 Å². The van der Waals surface area contributed by atoms with E-state index in [0.717, 1.165) is 0 Å². The summed E-state index contributed by atoms with van der Waals surface area (Å²) in [5, 5.41) is 29.7. The number of hydrogen-bond acceptors (Lipinski definition) is 4. The molecule has 18 heavy (non-hydrogen) atoms. The van der Waals surface area contributed by atoms with Gasteiger partial charge in [-0.3, -0.25) is 0 Å². The number of likely N-dealkylation sites (tertiary alicyclic amines) is 1. The summed E-state index contributed by atoms with van der Waals surface area (Å²) in [7, 11) is 0. The molecular formula is C11H20N2O5. The van der Waals surface area contributed by atoms with Crippen LogP contribution in [0.15, 0.2) is 0 Å². The average Bonchev–Trinajstić information content (AvgIpc) is 2.28. The fraction of sp³-hybridized carbons (Fsp3) is 0.818. The Hall–Kier alpha value is -1.34. The molecule has 0 saturated carbocycles. The molecule has 2 amide bonds. The van der Waals surface area contributed by atoms with Crippen molar-refractivity contribution in [2.45, 2.75) is 37.9 Å². The van der Waals surface area contributed by atoms with E-state index in [1.54, 1.807) is 11.8 Å². The molecule has 0 radical (unpaired) electrons. The van der Waals surface area contributed by atoms with Crippen molar-refractivity contribution in [3.05, 3.63) is 0 Å². The van der Waals surface area contributed by atoms with Crippen molar-refractivity contribution in [1.82, 2.24) is 10.2 Å². The Kier molecular flexibility index (Phi) is 4.92. The Morgan fingerprint density at radius 2 is 1.94 bits per heavy atom. The molecule has 0 unspecified atom stereocenters. The number of urea groups is 1. The van der Waals surface area contributed by atoms with Crippen molar-refractivity contribution in [3.8, 4) is 0 Å². The quantitative estimate of drug-likeness (QED) is 0.538. The van der Waals surface area contributed by atoms with E-state index in [2.05, 4.69) is 5.32 Å². The van der Waals surface area contributed by atoms with Gasteiger partial charge in [0.1, 0.15) is 0 Å². The number of carbonyl (C=O) groups excluding carboxylic acids is 1. The standard InChI is InChI=1S/C11H20N2O5/c1-11(18)3-6-13(7-4-11)10(17)12-5-2-8(14)9(15)16/h8,14,18H,2-7H2,1H3,(H,12,17)(H,15,16)/t8-/m0/s1. The van der Waals surface area contributed by atoms with Crippen LogP contribution in [0, 0.1) is 0 Å². The number of rotatable bonds is 4. The van der Waals surface area contributed by atoms with Gasteiger partial charge in [0.2, 0.25) is 0 Å². The number of nitrogens with one attached hydrogen (secondary N) is 1. The molecule has 1 saturated heterocycles. The molecule has 7 heteroatoms. The molecule has 0 aromatic heterocycles. The number of amides is 2. The lowest BCUT2D eigenvalue weighted by molar-refractivity contribution is -0.146. The van der Waals surface area contributed by atoms with Gasteiger partial charge in [0, 0.05) is 26.1 Å². The van der Waals surface area contributed by atoms with Gasteiger partial charge >= 0.3 is 12.0 Å². The van der Waals surface area contributed by atoms with Gasteiger partial charge in [-0.15, -0.1) is 0 Å². The van der Waals surface area contributed by atoms with Gasteiger partial charge in [-0.25, -0.2) is 9.59 Å². The van der Waals surface area contributed by atoms with Crippen molar-refractivity contribution in [3.63, 3.8) is 0 Å². The minimum Gasteiger partial charge on any atom is -0.479 e. The van der Waals surface area contributed by atoms with Crippen LogP contribution in [-0.2, 0) is 4.79 Å². The van der Waals surface area contributed by atoms with E-state index in [1.807, 2.05) is 0 Å². The lowest BCUT2D eigenvalue weighted by atomic mass is 9.94. The zero-order valence-electron chi connectivity index (χ0n) is 10.4. The number of aliphatic hydroxyl groups excluding tert-OH is 1. The molecule has 1 fully saturated rings. The molecule has 0 aliphatic carbocycles. The zero-order valence-corrected chi connectivity index (χ0v) is 10.4. The number of carbonyl (C=O) groups is 2. The van der Waals surface area contributed by atoms with E-state index >= 15 is 0 Å². The second-order valence-corrected chi connectivity index (χ2v) is 4.86. The summed E-state index contributed by atoms with van der Waals surface area (Å²) >= 11 is 0. The van der Waals surface area contributed by atoms with Crippen LogP contribution in [0.3, 0.4) is 0 Å². The Labute approximate surface area is 105 Å². The highest BCUT2D eigenvalue weighted by Crippen LogP contribution is 2.20. The SMILES string of the molecule is CC1(O)CCN(C(=O)NCC[C@H](O)C(=O)O)CC1. The van der Waals surface area contributed by atoms with E-state index in [4.69, 9.17) is 10.2 Å². The molecule has 4 N–H and O–H groups in total. The first-order valence-corrected chi connectivity index (χ1v) is 5.98. The first-order valence-electron chi connectivity index (χ1n) is 5.98. The molecule has 1 atom stereocenters. The lowest BCUT2D eigenvalue weighted by Crippen LogP contribution is -2.49. The number of nitrogens with zero attached hydrogens (tertiary/aromatic N) is 1. The highest BCUT2D eigenvalue weighted by molar-refractivity contribution is 5.74. The number of carboxylic acids is 1. The summed E-state index contributed by atoms with van der Waals surface area (Å²) in [5.74, 6) is -1.29. The molecule has 7 nitrogen and oxygen atoms in total. The summed E-state index contributed by atoms with van der Waals surface area (Å²) in [6, 6.07) is -0.289. The Morgan fingerprint density at radius 1 is 1.39 bits per heavy atom. The second kappa shape index (κ2) is 6.01. The van der Waals surface area contributed by atoms with E-state index < -0.39 is 17.7 Å². The summed E-state index contributed by atoms with van der Waals surface area (Å²) in [5.41, 5.74) is -0.712. The van der Waals surface area contributed by atoms with Crippen LogP contribution in [0.2, 0.25) is 0 Å². The zero-order chi connectivity index (χ0) is 13.8. The molecule has 1 heterocycles. The maximum absolute atomic E-state index is 11.7. The molecule has 0 aromatic rings. The average molecular weight is 260 g/mol. The molecular weight excluding hydrogens is 240 g/mol. The van der Waals surface area contributed by atoms with E-state index in [9.17, 15) is 14.7 Å². The maximum Gasteiger partial charge on any atom is 0.332 e. The van der Waals surface area contributed by atoms with Gasteiger partial charge in [0.05, 0.1) is 5.60 Å². The molecule has 0 bridgehead atoms. The fourth-order valence-electron chi connectivity index (χ4n) is 1.74. The van der Waals surface area contributed by atoms with Gasteiger partial charge < -0.3 is 25.5 Å². The summed E-state index contributed by atoms with van der Waals surface area (Å²) in [4.78, 5) is 23.6. The largest absolute Gasteiger partial charge is 0.479 e. The third-order valence-electron chi connectivity index (χ3n) is 3.11. The number of piperidine rings is 1. The van der Waals surface area contributed by atoms with Crippen LogP contribution in [0.5, 0.6) is 0 Å². The highest BCUT2D eigenvalue weighted by atomic mass is 16.4. The van der Waals surface area contributed by atoms with Crippen molar-refractivity contribution in [1.29, 1.82) is 0 Å². The van der Waals surface area contributed by atoms with Gasteiger partial charge in [0.25, 0.3) is 0 Å². The Morgan fingerprint density at radius 3 is 2.44 bits per heavy atom. The van der Waals surface area contributed by atoms with Crippen molar-refractivity contribution >= 4 is 12.0 Å². The van der Waals surface area contributed by atoms with Crippen LogP contribution >= 0.6 is 0 Å². The molecule has 0 aromatic carbocycles. The van der Waals surface area contributed by atoms with E-state index in [0.29, 0.717) is 25.9 Å². The van der Waals surface area contributed by atoms with Crippen molar-refractivity contribution in [2.24, 2.45) is 0 Å². The maximum atomic E-state index is 11.7. The molecule has 1 aliphatic heterocycles. The Balaban J connectivity index is 2.24. The number of carboxylic acid groups (broad SMARTS) is 1. The first kappa shape index (κ1) is 14.7. The summed E-state index contributed by atoms with van der Waals surface area (Å²) in [6.45, 7) is 2.80.